The monoisotopic (exact) mass is 271 g/mol. The Morgan fingerprint density at radius 2 is 2.41 bits per heavy atom. The molecule has 0 atom stereocenters. The molecule has 90 valence electrons. The van der Waals surface area contributed by atoms with E-state index in [9.17, 15) is 4.79 Å². The topological polar surface area (TPSA) is 67.0 Å². The third-order valence-corrected chi connectivity index (χ3v) is 3.30. The Hall–Kier alpha value is -1.53. The third kappa shape index (κ3) is 2.78. The van der Waals surface area contributed by atoms with E-state index < -0.39 is 0 Å². The van der Waals surface area contributed by atoms with Crippen LogP contribution in [0.2, 0.25) is 4.34 Å². The number of H-pyrrole nitrogens is 1. The second-order valence-electron chi connectivity index (χ2n) is 3.17. The van der Waals surface area contributed by atoms with Crippen molar-refractivity contribution in [3.05, 3.63) is 38.0 Å². The summed E-state index contributed by atoms with van der Waals surface area (Å²) in [6, 6.07) is 3.74. The molecule has 5 nitrogen and oxygen atoms in total. The summed E-state index contributed by atoms with van der Waals surface area (Å²) < 4.78 is 5.71. The summed E-state index contributed by atoms with van der Waals surface area (Å²) in [6.45, 7) is 0.546. The number of nitrogens with one attached hydrogen (secondary N) is 2. The molecule has 2 N–H and O–H groups in total. The molecular formula is C10H10ClN3O2S. The van der Waals surface area contributed by atoms with Crippen LogP contribution < -0.4 is 15.6 Å². The van der Waals surface area contributed by atoms with Gasteiger partial charge in [-0.15, -0.1) is 11.3 Å². The first kappa shape index (κ1) is 11.9. The number of hydrogen-bond acceptors (Lipinski definition) is 5. The zero-order chi connectivity index (χ0) is 12.3. The Kier molecular flexibility index (Phi) is 3.65. The summed E-state index contributed by atoms with van der Waals surface area (Å²) in [5.41, 5.74) is -0.311. The molecule has 0 bridgehead atoms. The van der Waals surface area contributed by atoms with Gasteiger partial charge in [0, 0.05) is 4.88 Å². The molecule has 2 heterocycles. The molecule has 2 aromatic heterocycles. The molecule has 0 saturated carbocycles. The summed E-state index contributed by atoms with van der Waals surface area (Å²) in [5.74, 6) is 0.593. The van der Waals surface area contributed by atoms with Gasteiger partial charge >= 0.3 is 0 Å². The zero-order valence-electron chi connectivity index (χ0n) is 8.99. The first-order valence-electron chi connectivity index (χ1n) is 4.80. The van der Waals surface area contributed by atoms with E-state index in [1.165, 1.54) is 24.8 Å². The summed E-state index contributed by atoms with van der Waals surface area (Å²) in [7, 11) is 1.43. The maximum absolute atomic E-state index is 11.4. The Balaban J connectivity index is 2.14. The standard InChI is InChI=1S/C10H10ClN3O2S/c1-16-8-9(13-5-14-10(8)15)12-4-6-2-3-7(11)17-6/h2-3,5H,4H2,1H3,(H2,12,13,14,15). The molecule has 17 heavy (non-hydrogen) atoms. The number of rotatable bonds is 4. The summed E-state index contributed by atoms with van der Waals surface area (Å²) in [6.07, 6.45) is 1.33. The molecule has 0 fully saturated rings. The second-order valence-corrected chi connectivity index (χ2v) is 4.97. The summed E-state index contributed by atoms with van der Waals surface area (Å²) >= 11 is 7.29. The average molecular weight is 272 g/mol. The van der Waals surface area contributed by atoms with Gasteiger partial charge in [0.1, 0.15) is 0 Å². The Bertz CT molecular complexity index is 567. The second kappa shape index (κ2) is 5.20. The molecule has 0 aromatic carbocycles. The van der Waals surface area contributed by atoms with E-state index in [-0.39, 0.29) is 11.3 Å². The molecule has 0 aliphatic carbocycles. The lowest BCUT2D eigenvalue weighted by molar-refractivity contribution is 0.408. The molecule has 0 aliphatic heterocycles. The van der Waals surface area contributed by atoms with Crippen LogP contribution in [0, 0.1) is 0 Å². The lowest BCUT2D eigenvalue weighted by Gasteiger charge is -2.07. The number of halogens is 1. The van der Waals surface area contributed by atoms with Crippen molar-refractivity contribution in [2.45, 2.75) is 6.54 Å². The minimum atomic E-state index is -0.311. The highest BCUT2D eigenvalue weighted by Crippen LogP contribution is 2.23. The highest BCUT2D eigenvalue weighted by Gasteiger charge is 2.08. The summed E-state index contributed by atoms with van der Waals surface area (Å²) in [5, 5.41) is 3.03. The molecule has 0 radical (unpaired) electrons. The van der Waals surface area contributed by atoms with Gasteiger partial charge in [0.2, 0.25) is 5.75 Å². The van der Waals surface area contributed by atoms with E-state index >= 15 is 0 Å². The number of thiophene rings is 1. The minimum Gasteiger partial charge on any atom is -0.489 e. The number of anilines is 1. The van der Waals surface area contributed by atoms with Crippen LogP contribution in [-0.2, 0) is 6.54 Å². The van der Waals surface area contributed by atoms with E-state index in [1.54, 1.807) is 0 Å². The molecule has 2 aromatic rings. The fourth-order valence-corrected chi connectivity index (χ4v) is 2.35. The predicted octanol–water partition coefficient (Wildman–Crippen LogP) is 2.11. The van der Waals surface area contributed by atoms with Crippen molar-refractivity contribution in [3.8, 4) is 5.75 Å². The van der Waals surface area contributed by atoms with E-state index in [1.807, 2.05) is 12.1 Å². The van der Waals surface area contributed by atoms with Crippen LogP contribution in [0.25, 0.3) is 0 Å². The van der Waals surface area contributed by atoms with Crippen molar-refractivity contribution in [1.29, 1.82) is 0 Å². The van der Waals surface area contributed by atoms with Crippen molar-refractivity contribution in [1.82, 2.24) is 9.97 Å². The summed E-state index contributed by atoms with van der Waals surface area (Å²) in [4.78, 5) is 18.9. The normalized spacial score (nSPS) is 10.2. The van der Waals surface area contributed by atoms with Crippen LogP contribution in [0.1, 0.15) is 4.88 Å². The maximum Gasteiger partial charge on any atom is 0.295 e. The largest absolute Gasteiger partial charge is 0.489 e. The van der Waals surface area contributed by atoms with Gasteiger partial charge in [-0.3, -0.25) is 4.79 Å². The van der Waals surface area contributed by atoms with Gasteiger partial charge in [0.25, 0.3) is 5.56 Å². The van der Waals surface area contributed by atoms with Gasteiger partial charge in [-0.05, 0) is 12.1 Å². The molecule has 0 unspecified atom stereocenters. The van der Waals surface area contributed by atoms with Gasteiger partial charge in [0.05, 0.1) is 24.3 Å². The molecule has 0 spiro atoms. The predicted molar refractivity (Wildman–Crippen MR) is 68.1 cm³/mol. The van der Waals surface area contributed by atoms with Crippen molar-refractivity contribution in [3.63, 3.8) is 0 Å². The molecule has 7 heteroatoms. The van der Waals surface area contributed by atoms with Crippen LogP contribution in [0.15, 0.2) is 23.3 Å². The SMILES string of the molecule is COc1c(NCc2ccc(Cl)s2)nc[nH]c1=O. The number of hydrogen-bond donors (Lipinski definition) is 2. The van der Waals surface area contributed by atoms with E-state index in [2.05, 4.69) is 15.3 Å². The smallest absolute Gasteiger partial charge is 0.295 e. The number of nitrogens with zero attached hydrogens (tertiary/aromatic N) is 1. The van der Waals surface area contributed by atoms with Gasteiger partial charge < -0.3 is 15.0 Å². The number of aromatic nitrogens is 2. The molecule has 0 aliphatic rings. The molecule has 2 rings (SSSR count). The highest BCUT2D eigenvalue weighted by atomic mass is 35.5. The van der Waals surface area contributed by atoms with E-state index in [4.69, 9.17) is 16.3 Å². The zero-order valence-corrected chi connectivity index (χ0v) is 10.6. The van der Waals surface area contributed by atoms with Crippen LogP contribution in [0.4, 0.5) is 5.82 Å². The Morgan fingerprint density at radius 3 is 3.06 bits per heavy atom. The maximum atomic E-state index is 11.4. The van der Waals surface area contributed by atoms with Crippen LogP contribution >= 0.6 is 22.9 Å². The van der Waals surface area contributed by atoms with Crippen LogP contribution in [-0.4, -0.2) is 17.1 Å². The van der Waals surface area contributed by atoms with Crippen LogP contribution in [0.3, 0.4) is 0 Å². The van der Waals surface area contributed by atoms with E-state index in [0.29, 0.717) is 12.4 Å². The first-order chi connectivity index (χ1) is 8.20. The lowest BCUT2D eigenvalue weighted by atomic mass is 10.4. The third-order valence-electron chi connectivity index (χ3n) is 2.07. The van der Waals surface area contributed by atoms with Crippen LogP contribution in [0.5, 0.6) is 5.75 Å². The van der Waals surface area contributed by atoms with Crippen molar-refractivity contribution >= 4 is 28.8 Å². The molecular weight excluding hydrogens is 262 g/mol. The quantitative estimate of drug-likeness (QED) is 0.894. The van der Waals surface area contributed by atoms with E-state index in [0.717, 1.165) is 9.21 Å². The van der Waals surface area contributed by atoms with Crippen molar-refractivity contribution in [2.24, 2.45) is 0 Å². The van der Waals surface area contributed by atoms with Gasteiger partial charge in [-0.2, -0.15) is 0 Å². The fraction of sp³-hybridized carbons (Fsp3) is 0.200. The number of ether oxygens (including phenoxy) is 1. The van der Waals surface area contributed by atoms with Crippen molar-refractivity contribution in [2.75, 3.05) is 12.4 Å². The highest BCUT2D eigenvalue weighted by molar-refractivity contribution is 7.16. The number of aromatic amines is 1. The molecule has 0 amide bonds. The van der Waals surface area contributed by atoms with Gasteiger partial charge in [0.15, 0.2) is 5.82 Å². The Morgan fingerprint density at radius 1 is 1.59 bits per heavy atom. The minimum absolute atomic E-state index is 0.176. The average Bonchev–Trinajstić information content (AvgIpc) is 2.72. The van der Waals surface area contributed by atoms with Gasteiger partial charge in [-0.1, -0.05) is 11.6 Å². The number of methoxy groups -OCH3 is 1. The Labute approximate surface area is 106 Å². The fourth-order valence-electron chi connectivity index (χ4n) is 1.32. The molecule has 0 saturated heterocycles. The lowest BCUT2D eigenvalue weighted by Crippen LogP contribution is -2.13. The van der Waals surface area contributed by atoms with Gasteiger partial charge in [-0.25, -0.2) is 4.98 Å². The first-order valence-corrected chi connectivity index (χ1v) is 6.00. The van der Waals surface area contributed by atoms with Crippen molar-refractivity contribution < 1.29 is 4.74 Å².